The molecule has 0 bridgehead atoms. The van der Waals surface area contributed by atoms with Gasteiger partial charge in [0.1, 0.15) is 0 Å². The van der Waals surface area contributed by atoms with Gasteiger partial charge in [-0.15, -0.1) is 0 Å². The van der Waals surface area contributed by atoms with Crippen molar-refractivity contribution < 1.29 is 9.80 Å². The fourth-order valence-corrected chi connectivity index (χ4v) is 2.64. The zero-order valence-corrected chi connectivity index (χ0v) is 11.2. The maximum absolute atomic E-state index is 4.08. The lowest BCUT2D eigenvalue weighted by Crippen LogP contribution is -3.14. The van der Waals surface area contributed by atoms with E-state index in [0.717, 1.165) is 12.1 Å². The van der Waals surface area contributed by atoms with E-state index in [1.54, 1.807) is 0 Å². The third kappa shape index (κ3) is 4.84. The molecule has 0 radical (unpaired) electrons. The highest BCUT2D eigenvalue weighted by Crippen LogP contribution is 2.06. The number of likely N-dealkylation sites (tertiary alicyclic amines) is 2. The zero-order chi connectivity index (χ0) is 12.0. The van der Waals surface area contributed by atoms with E-state index < -0.39 is 0 Å². The van der Waals surface area contributed by atoms with E-state index in [2.05, 4.69) is 27.9 Å². The van der Waals surface area contributed by atoms with Crippen molar-refractivity contribution in [2.75, 3.05) is 13.1 Å². The van der Waals surface area contributed by atoms with E-state index in [9.17, 15) is 0 Å². The van der Waals surface area contributed by atoms with E-state index in [1.165, 1.54) is 61.4 Å². The largest absolute Gasteiger partial charge is 0.468 e. The van der Waals surface area contributed by atoms with Crippen LogP contribution in [0.25, 0.3) is 0 Å². The van der Waals surface area contributed by atoms with Crippen LogP contribution >= 0.6 is 0 Å². The quantitative estimate of drug-likeness (QED) is 0.556. The molecule has 2 aliphatic rings. The molecule has 16 heavy (non-hydrogen) atoms. The highest BCUT2D eigenvalue weighted by molar-refractivity contribution is 4.61. The van der Waals surface area contributed by atoms with E-state index in [-0.39, 0.29) is 0 Å². The second-order valence-electron chi connectivity index (χ2n) is 5.62. The minimum atomic E-state index is 0.786. The van der Waals surface area contributed by atoms with Gasteiger partial charge in [0.15, 0.2) is 0 Å². The summed E-state index contributed by atoms with van der Waals surface area (Å²) in [4.78, 5) is 2.94. The zero-order valence-electron chi connectivity index (χ0n) is 11.2. The van der Waals surface area contributed by atoms with Crippen LogP contribution in [0.2, 0.25) is 0 Å². The van der Waals surface area contributed by atoms with Gasteiger partial charge in [-0.05, 0) is 52.4 Å². The van der Waals surface area contributed by atoms with Crippen molar-refractivity contribution in [3.63, 3.8) is 0 Å². The Morgan fingerprint density at radius 1 is 0.812 bits per heavy atom. The molecular weight excluding hydrogens is 196 g/mol. The number of hydrogen-bond donors (Lipinski definition) is 2. The van der Waals surface area contributed by atoms with Crippen LogP contribution in [0.4, 0.5) is 0 Å². The van der Waals surface area contributed by atoms with Crippen LogP contribution in [0.15, 0.2) is 0 Å². The summed E-state index contributed by atoms with van der Waals surface area (Å²) in [6, 6.07) is 1.57. The van der Waals surface area contributed by atoms with Gasteiger partial charge in [0.05, 0.1) is 25.2 Å². The third-order valence-electron chi connectivity index (χ3n) is 4.10. The normalized spacial score (nSPS) is 36.4. The molecule has 2 saturated heterocycles. The molecule has 2 heterocycles. The van der Waals surface area contributed by atoms with Crippen molar-refractivity contribution in [3.05, 3.63) is 14.1 Å². The molecule has 0 amide bonds. The fourth-order valence-electron chi connectivity index (χ4n) is 2.64. The SMILES string of the molecule is [CH2-][NH+]1C(C)CCCC1C.[CH2-][NH+]1CCCCC1. The van der Waals surface area contributed by atoms with Gasteiger partial charge in [-0.25, -0.2) is 0 Å². The molecule has 2 heteroatoms. The Hall–Kier alpha value is -0.0800. The summed E-state index contributed by atoms with van der Waals surface area (Å²) in [6.07, 6.45) is 8.34. The predicted octanol–water partition coefficient (Wildman–Crippen LogP) is 0.471. The third-order valence-corrected chi connectivity index (χ3v) is 4.10. The van der Waals surface area contributed by atoms with Crippen LogP contribution in [-0.2, 0) is 0 Å². The van der Waals surface area contributed by atoms with E-state index in [0.29, 0.717) is 0 Å². The first-order valence-corrected chi connectivity index (χ1v) is 6.96. The van der Waals surface area contributed by atoms with Gasteiger partial charge in [0.2, 0.25) is 0 Å². The van der Waals surface area contributed by atoms with Gasteiger partial charge in [0.25, 0.3) is 0 Å². The molecule has 96 valence electrons. The topological polar surface area (TPSA) is 8.88 Å². The maximum atomic E-state index is 4.08. The summed E-state index contributed by atoms with van der Waals surface area (Å²) in [5.74, 6) is 0. The molecule has 2 fully saturated rings. The van der Waals surface area contributed by atoms with Crippen LogP contribution in [0.5, 0.6) is 0 Å². The highest BCUT2D eigenvalue weighted by Gasteiger charge is 2.19. The number of hydrogen-bond acceptors (Lipinski definition) is 0. The molecule has 0 saturated carbocycles. The number of quaternary nitrogens is 2. The van der Waals surface area contributed by atoms with Gasteiger partial charge < -0.3 is 9.80 Å². The molecule has 0 spiro atoms. The van der Waals surface area contributed by atoms with E-state index in [1.807, 2.05) is 0 Å². The van der Waals surface area contributed by atoms with Gasteiger partial charge in [0, 0.05) is 0 Å². The van der Waals surface area contributed by atoms with Crippen LogP contribution in [0, 0.1) is 14.1 Å². The molecule has 0 aromatic heterocycles. The average molecular weight is 226 g/mol. The van der Waals surface area contributed by atoms with Gasteiger partial charge in [-0.3, -0.25) is 0 Å². The minimum absolute atomic E-state index is 0.786. The van der Waals surface area contributed by atoms with Crippen LogP contribution < -0.4 is 9.80 Å². The van der Waals surface area contributed by atoms with E-state index in [4.69, 9.17) is 0 Å². The number of rotatable bonds is 0. The summed E-state index contributed by atoms with van der Waals surface area (Å²) in [5.41, 5.74) is 0. The lowest BCUT2D eigenvalue weighted by molar-refractivity contribution is -0.908. The Bertz CT molecular complexity index is 166. The highest BCUT2D eigenvalue weighted by atomic mass is 15.2. The summed E-state index contributed by atoms with van der Waals surface area (Å²) in [6.45, 7) is 7.16. The van der Waals surface area contributed by atoms with E-state index >= 15 is 0 Å². The summed E-state index contributed by atoms with van der Waals surface area (Å²) in [5, 5.41) is 0. The first kappa shape index (κ1) is 14.0. The molecule has 0 aromatic carbocycles. The van der Waals surface area contributed by atoms with Gasteiger partial charge in [-0.2, -0.15) is 14.1 Å². The molecule has 2 unspecified atom stereocenters. The molecule has 2 N–H and O–H groups in total. The Kier molecular flexibility index (Phi) is 6.37. The first-order valence-electron chi connectivity index (χ1n) is 6.96. The summed E-state index contributed by atoms with van der Waals surface area (Å²) in [7, 11) is 7.99. The molecule has 2 aliphatic heterocycles. The average Bonchev–Trinajstić information content (AvgIpc) is 2.28. The molecular formula is C14H30N2. The van der Waals surface area contributed by atoms with Crippen molar-refractivity contribution in [1.29, 1.82) is 0 Å². The maximum Gasteiger partial charge on any atom is 0.0608 e. The lowest BCUT2D eigenvalue weighted by atomic mass is 9.99. The number of piperidine rings is 2. The molecule has 0 aromatic rings. The predicted molar refractivity (Wildman–Crippen MR) is 69.0 cm³/mol. The smallest absolute Gasteiger partial charge is 0.0608 e. The van der Waals surface area contributed by atoms with Crippen LogP contribution in [0.1, 0.15) is 52.4 Å². The van der Waals surface area contributed by atoms with Crippen molar-refractivity contribution in [2.24, 2.45) is 0 Å². The first-order chi connectivity index (χ1) is 7.61. The van der Waals surface area contributed by atoms with Crippen molar-refractivity contribution in [1.82, 2.24) is 0 Å². The summed E-state index contributed by atoms with van der Waals surface area (Å²) >= 11 is 0. The fraction of sp³-hybridized carbons (Fsp3) is 0.857. The second kappa shape index (κ2) is 7.29. The minimum Gasteiger partial charge on any atom is -0.468 e. The van der Waals surface area contributed by atoms with Gasteiger partial charge in [-0.1, -0.05) is 0 Å². The molecule has 2 nitrogen and oxygen atoms in total. The molecule has 2 atom stereocenters. The van der Waals surface area contributed by atoms with Gasteiger partial charge >= 0.3 is 0 Å². The van der Waals surface area contributed by atoms with Crippen LogP contribution in [-0.4, -0.2) is 25.2 Å². The standard InChI is InChI=1S/C8H17N.C6H13N/c1-7-5-4-6-8(2)9(7)3;1-7-5-3-2-4-6-7/h7-9H,3-6H2,1-2H3;7H,1-6H2. The van der Waals surface area contributed by atoms with Crippen molar-refractivity contribution in [3.8, 4) is 0 Å². The summed E-state index contributed by atoms with van der Waals surface area (Å²) < 4.78 is 0. The Labute approximate surface area is 102 Å². The monoisotopic (exact) mass is 226 g/mol. The van der Waals surface area contributed by atoms with Crippen LogP contribution in [0.3, 0.4) is 0 Å². The molecule has 2 rings (SSSR count). The Morgan fingerprint density at radius 3 is 1.62 bits per heavy atom. The lowest BCUT2D eigenvalue weighted by Gasteiger charge is -2.38. The van der Waals surface area contributed by atoms with Crippen molar-refractivity contribution in [2.45, 2.75) is 64.5 Å². The second-order valence-corrected chi connectivity index (χ2v) is 5.62. The van der Waals surface area contributed by atoms with Crippen molar-refractivity contribution >= 4 is 0 Å². The molecule has 0 aliphatic carbocycles. The Balaban J connectivity index is 0.000000165. The number of nitrogens with one attached hydrogen (secondary N) is 2. The Morgan fingerprint density at radius 2 is 1.31 bits per heavy atom.